The first-order valence-corrected chi connectivity index (χ1v) is 7.77. The SMILES string of the molecule is CC1=Cc2cccc(CC3C(C)=Cc4ccccc43)c2C1. The van der Waals surface area contributed by atoms with Crippen LogP contribution in [-0.2, 0) is 12.8 Å². The van der Waals surface area contributed by atoms with Gasteiger partial charge in [0, 0.05) is 5.92 Å². The van der Waals surface area contributed by atoms with E-state index in [-0.39, 0.29) is 0 Å². The van der Waals surface area contributed by atoms with E-state index in [9.17, 15) is 0 Å². The van der Waals surface area contributed by atoms with Crippen LogP contribution in [0.4, 0.5) is 0 Å². The summed E-state index contributed by atoms with van der Waals surface area (Å²) in [7, 11) is 0. The molecule has 4 rings (SSSR count). The second kappa shape index (κ2) is 4.73. The molecule has 2 aliphatic carbocycles. The van der Waals surface area contributed by atoms with Crippen molar-refractivity contribution in [1.82, 2.24) is 0 Å². The largest absolute Gasteiger partial charge is 0.0683 e. The smallest absolute Gasteiger partial charge is 0.00951 e. The molecule has 0 amide bonds. The van der Waals surface area contributed by atoms with Crippen molar-refractivity contribution in [3.8, 4) is 0 Å². The number of allylic oxidation sites excluding steroid dienone is 2. The molecule has 2 aromatic rings. The molecule has 0 heteroatoms. The number of hydrogen-bond donors (Lipinski definition) is 0. The van der Waals surface area contributed by atoms with Crippen LogP contribution in [0.25, 0.3) is 12.2 Å². The molecule has 0 aliphatic heterocycles. The molecule has 0 heterocycles. The van der Waals surface area contributed by atoms with Gasteiger partial charge in [0.1, 0.15) is 0 Å². The molecule has 21 heavy (non-hydrogen) atoms. The Morgan fingerprint density at radius 2 is 1.71 bits per heavy atom. The van der Waals surface area contributed by atoms with Crippen LogP contribution in [0.2, 0.25) is 0 Å². The highest BCUT2D eigenvalue weighted by Crippen LogP contribution is 2.39. The molecule has 0 nitrogen and oxygen atoms in total. The predicted octanol–water partition coefficient (Wildman–Crippen LogP) is 5.39. The average Bonchev–Trinajstić information content (AvgIpc) is 3.00. The summed E-state index contributed by atoms with van der Waals surface area (Å²) in [6.07, 6.45) is 6.95. The fraction of sp³-hybridized carbons (Fsp3) is 0.238. The second-order valence-electron chi connectivity index (χ2n) is 6.43. The van der Waals surface area contributed by atoms with Crippen LogP contribution in [0.3, 0.4) is 0 Å². The third-order valence-electron chi connectivity index (χ3n) is 4.90. The van der Waals surface area contributed by atoms with Crippen LogP contribution in [-0.4, -0.2) is 0 Å². The number of benzene rings is 2. The van der Waals surface area contributed by atoms with E-state index in [2.05, 4.69) is 68.5 Å². The maximum atomic E-state index is 2.35. The standard InChI is InChI=1S/C21H20/c1-14-10-16-7-5-8-18(21(16)11-14)13-20-15(2)12-17-6-3-4-9-19(17)20/h3-10,12,20H,11,13H2,1-2H3. The van der Waals surface area contributed by atoms with Gasteiger partial charge in [-0.15, -0.1) is 0 Å². The Morgan fingerprint density at radius 1 is 0.905 bits per heavy atom. The molecule has 0 N–H and O–H groups in total. The van der Waals surface area contributed by atoms with Gasteiger partial charge in [-0.3, -0.25) is 0 Å². The Hall–Kier alpha value is -2.08. The minimum atomic E-state index is 0.550. The number of rotatable bonds is 2. The van der Waals surface area contributed by atoms with E-state index < -0.39 is 0 Å². The van der Waals surface area contributed by atoms with Crippen molar-refractivity contribution in [2.45, 2.75) is 32.6 Å². The van der Waals surface area contributed by atoms with Crippen LogP contribution >= 0.6 is 0 Å². The fourth-order valence-electron chi connectivity index (χ4n) is 3.83. The van der Waals surface area contributed by atoms with Crippen molar-refractivity contribution in [2.24, 2.45) is 0 Å². The first-order valence-electron chi connectivity index (χ1n) is 7.77. The Bertz CT molecular complexity index is 774. The van der Waals surface area contributed by atoms with Crippen LogP contribution in [0.15, 0.2) is 53.6 Å². The van der Waals surface area contributed by atoms with Crippen molar-refractivity contribution >= 4 is 12.2 Å². The van der Waals surface area contributed by atoms with Gasteiger partial charge in [-0.1, -0.05) is 65.8 Å². The van der Waals surface area contributed by atoms with Crippen molar-refractivity contribution < 1.29 is 0 Å². The average molecular weight is 272 g/mol. The highest BCUT2D eigenvalue weighted by molar-refractivity contribution is 5.68. The van der Waals surface area contributed by atoms with Gasteiger partial charge in [-0.05, 0) is 54.5 Å². The topological polar surface area (TPSA) is 0 Å². The molecular weight excluding hydrogens is 252 g/mol. The molecule has 1 atom stereocenters. The normalized spacial score (nSPS) is 19.0. The summed E-state index contributed by atoms with van der Waals surface area (Å²) in [6.45, 7) is 4.51. The van der Waals surface area contributed by atoms with E-state index in [0.29, 0.717) is 5.92 Å². The lowest BCUT2D eigenvalue weighted by Crippen LogP contribution is -2.04. The van der Waals surface area contributed by atoms with Crippen LogP contribution < -0.4 is 0 Å². The van der Waals surface area contributed by atoms with Crippen molar-refractivity contribution in [3.63, 3.8) is 0 Å². The minimum Gasteiger partial charge on any atom is -0.0683 e. The van der Waals surface area contributed by atoms with E-state index in [1.165, 1.54) is 33.4 Å². The first-order chi connectivity index (χ1) is 10.2. The maximum absolute atomic E-state index is 2.35. The lowest BCUT2D eigenvalue weighted by Gasteiger charge is -2.17. The Kier molecular flexibility index (Phi) is 2.85. The zero-order valence-electron chi connectivity index (χ0n) is 12.7. The number of fused-ring (bicyclic) bond motifs is 2. The number of hydrogen-bond acceptors (Lipinski definition) is 0. The van der Waals surface area contributed by atoms with E-state index in [1.54, 1.807) is 5.56 Å². The van der Waals surface area contributed by atoms with E-state index in [1.807, 2.05) is 0 Å². The Labute approximate surface area is 126 Å². The quantitative estimate of drug-likeness (QED) is 0.687. The molecule has 0 saturated carbocycles. The van der Waals surface area contributed by atoms with Crippen molar-refractivity contribution in [2.75, 3.05) is 0 Å². The van der Waals surface area contributed by atoms with E-state index in [4.69, 9.17) is 0 Å². The Morgan fingerprint density at radius 3 is 2.62 bits per heavy atom. The highest BCUT2D eigenvalue weighted by Gasteiger charge is 2.24. The molecule has 104 valence electrons. The van der Waals surface area contributed by atoms with Gasteiger partial charge in [0.2, 0.25) is 0 Å². The lowest BCUT2D eigenvalue weighted by atomic mass is 9.87. The highest BCUT2D eigenvalue weighted by atomic mass is 14.3. The second-order valence-corrected chi connectivity index (χ2v) is 6.43. The molecule has 0 radical (unpaired) electrons. The zero-order chi connectivity index (χ0) is 14.4. The summed E-state index contributed by atoms with van der Waals surface area (Å²) in [4.78, 5) is 0. The molecular formula is C21H20. The third kappa shape index (κ3) is 2.06. The van der Waals surface area contributed by atoms with Crippen LogP contribution in [0, 0.1) is 0 Å². The van der Waals surface area contributed by atoms with Gasteiger partial charge in [0.05, 0.1) is 0 Å². The molecule has 0 aromatic heterocycles. The summed E-state index contributed by atoms with van der Waals surface area (Å²) in [5.41, 5.74) is 10.4. The van der Waals surface area contributed by atoms with Gasteiger partial charge in [-0.2, -0.15) is 0 Å². The van der Waals surface area contributed by atoms with Crippen molar-refractivity contribution in [3.05, 3.63) is 81.4 Å². The molecule has 1 unspecified atom stereocenters. The molecule has 0 fully saturated rings. The molecule has 0 spiro atoms. The third-order valence-corrected chi connectivity index (χ3v) is 4.90. The van der Waals surface area contributed by atoms with Gasteiger partial charge in [-0.25, -0.2) is 0 Å². The predicted molar refractivity (Wildman–Crippen MR) is 90.3 cm³/mol. The fourth-order valence-corrected chi connectivity index (χ4v) is 3.83. The first kappa shape index (κ1) is 12.6. The van der Waals surface area contributed by atoms with Crippen LogP contribution in [0.5, 0.6) is 0 Å². The molecule has 0 saturated heterocycles. The van der Waals surface area contributed by atoms with E-state index in [0.717, 1.165) is 12.8 Å². The maximum Gasteiger partial charge on any atom is 0.00951 e. The summed E-state index contributed by atoms with van der Waals surface area (Å²) in [5.74, 6) is 0.550. The van der Waals surface area contributed by atoms with Gasteiger partial charge >= 0.3 is 0 Å². The molecule has 2 aliphatic rings. The zero-order valence-corrected chi connectivity index (χ0v) is 12.7. The summed E-state index contributed by atoms with van der Waals surface area (Å²) in [5, 5.41) is 0. The Balaban J connectivity index is 1.70. The van der Waals surface area contributed by atoms with Gasteiger partial charge < -0.3 is 0 Å². The van der Waals surface area contributed by atoms with E-state index >= 15 is 0 Å². The monoisotopic (exact) mass is 272 g/mol. The van der Waals surface area contributed by atoms with Gasteiger partial charge in [0.25, 0.3) is 0 Å². The van der Waals surface area contributed by atoms with Crippen molar-refractivity contribution in [1.29, 1.82) is 0 Å². The summed E-state index contributed by atoms with van der Waals surface area (Å²) in [6, 6.07) is 15.6. The van der Waals surface area contributed by atoms with Gasteiger partial charge in [0.15, 0.2) is 0 Å². The lowest BCUT2D eigenvalue weighted by molar-refractivity contribution is 0.796. The molecule has 2 aromatic carbocycles. The summed E-state index contributed by atoms with van der Waals surface area (Å²) < 4.78 is 0. The molecule has 0 bridgehead atoms. The summed E-state index contributed by atoms with van der Waals surface area (Å²) >= 11 is 0. The minimum absolute atomic E-state index is 0.550. The van der Waals surface area contributed by atoms with Crippen LogP contribution in [0.1, 0.15) is 47.6 Å².